The van der Waals surface area contributed by atoms with E-state index in [0.717, 1.165) is 155 Å². The van der Waals surface area contributed by atoms with Gasteiger partial charge in [-0.1, -0.05) is 80.1 Å². The summed E-state index contributed by atoms with van der Waals surface area (Å²) in [7, 11) is -12.4. The Morgan fingerprint density at radius 3 is 0.644 bits per heavy atom. The molecule has 0 aromatic rings. The number of unbranched alkanes of at least 4 members (excludes halogenated alkanes) is 6. The fourth-order valence-electron chi connectivity index (χ4n) is 7.11. The van der Waals surface area contributed by atoms with Crippen LogP contribution in [0.15, 0.2) is 0 Å². The van der Waals surface area contributed by atoms with Crippen molar-refractivity contribution in [2.24, 2.45) is 0 Å². The van der Waals surface area contributed by atoms with Crippen molar-refractivity contribution >= 4 is 32.8 Å². The highest BCUT2D eigenvalue weighted by molar-refractivity contribution is 7.53. The molecule has 356 valence electrons. The number of hydrogen-bond donors (Lipinski definition) is 0. The second-order valence-corrected chi connectivity index (χ2v) is 33.3. The third-order valence-corrected chi connectivity index (χ3v) is 27.5. The molecule has 0 N–H and O–H groups in total. The number of ether oxygens (including phenoxy) is 6. The van der Waals surface area contributed by atoms with Gasteiger partial charge in [0.1, 0.15) is 0 Å². The van der Waals surface area contributed by atoms with E-state index in [-0.39, 0.29) is 16.6 Å². The van der Waals surface area contributed by atoms with E-state index in [2.05, 4.69) is 80.8 Å². The van der Waals surface area contributed by atoms with E-state index in [1.165, 1.54) is 0 Å². The molecule has 0 aliphatic heterocycles. The van der Waals surface area contributed by atoms with Crippen molar-refractivity contribution in [1.82, 2.24) is 0 Å². The highest BCUT2D eigenvalue weighted by Gasteiger charge is 2.51. The first-order valence-electron chi connectivity index (χ1n) is 24.4. The summed E-state index contributed by atoms with van der Waals surface area (Å²) in [5.74, 6) is 0. The molecule has 0 aliphatic rings. The van der Waals surface area contributed by atoms with Crippen molar-refractivity contribution in [2.75, 3.05) is 79.3 Å². The lowest BCUT2D eigenvalue weighted by Crippen LogP contribution is -2.44. The number of phosphoric acid groups is 1. The first-order chi connectivity index (χ1) is 28.2. The molecule has 0 aromatic carbocycles. The Morgan fingerprint density at radius 1 is 0.322 bits per heavy atom. The zero-order valence-electron chi connectivity index (χ0n) is 41.0. The largest absolute Gasteiger partial charge is 0.445 e. The average Bonchev–Trinajstić information content (AvgIpc) is 3.16. The molecule has 0 amide bonds. The second-order valence-electron chi connectivity index (χ2n) is 18.1. The molecule has 0 aromatic heterocycles. The topological polar surface area (TPSA) is 100 Å². The van der Waals surface area contributed by atoms with Crippen LogP contribution in [0.25, 0.3) is 0 Å². The van der Waals surface area contributed by atoms with Gasteiger partial charge >= 0.3 is 7.82 Å². The Labute approximate surface area is 369 Å². The van der Waals surface area contributed by atoms with Gasteiger partial charge in [0.15, 0.2) is 0 Å². The van der Waals surface area contributed by atoms with Gasteiger partial charge in [-0.2, -0.15) is 0 Å². The summed E-state index contributed by atoms with van der Waals surface area (Å²) in [5, 5.41) is 0. The molecular formula is C45H99O10PSi3. The van der Waals surface area contributed by atoms with E-state index in [1.54, 1.807) is 0 Å². The van der Waals surface area contributed by atoms with Crippen LogP contribution in [-0.2, 0) is 45.6 Å². The smallest absolute Gasteiger partial charge is 0.381 e. The van der Waals surface area contributed by atoms with Crippen LogP contribution >= 0.6 is 7.82 Å². The molecule has 0 heterocycles. The van der Waals surface area contributed by atoms with Gasteiger partial charge in [-0.15, -0.1) is 0 Å². The molecule has 0 fully saturated rings. The van der Waals surface area contributed by atoms with Gasteiger partial charge in [-0.25, -0.2) is 4.57 Å². The predicted octanol–water partition coefficient (Wildman–Crippen LogP) is 14.1. The third kappa shape index (κ3) is 30.3. The Balaban J connectivity index is 6.86. The monoisotopic (exact) mass is 915 g/mol. The molecule has 0 spiro atoms. The minimum atomic E-state index is -4.10. The van der Waals surface area contributed by atoms with E-state index in [9.17, 15) is 0 Å². The van der Waals surface area contributed by atoms with Crippen LogP contribution in [0.3, 0.4) is 0 Å². The number of hydrogen-bond acceptors (Lipinski definition) is 10. The molecule has 0 bridgehead atoms. The molecule has 0 aliphatic carbocycles. The van der Waals surface area contributed by atoms with Crippen LogP contribution in [0.2, 0.25) is 55.9 Å². The summed E-state index contributed by atoms with van der Waals surface area (Å²) in [6, 6.07) is 0. The summed E-state index contributed by atoms with van der Waals surface area (Å²) < 4.78 is 73.9. The molecule has 10 nitrogen and oxygen atoms in total. The van der Waals surface area contributed by atoms with Crippen molar-refractivity contribution in [2.45, 2.75) is 213 Å². The summed E-state index contributed by atoms with van der Waals surface area (Å²) in [5.41, 5.74) is 0.431. The Bertz CT molecular complexity index is 833. The van der Waals surface area contributed by atoms with Crippen LogP contribution in [0.1, 0.15) is 157 Å². The third-order valence-electron chi connectivity index (χ3n) is 11.5. The first-order valence-corrected chi connectivity index (χ1v) is 34.8. The van der Waals surface area contributed by atoms with Crippen molar-refractivity contribution in [1.29, 1.82) is 0 Å². The summed E-state index contributed by atoms with van der Waals surface area (Å²) in [6.07, 6.45) is 17.8. The summed E-state index contributed by atoms with van der Waals surface area (Å²) in [6.45, 7) is 34.6. The standard InChI is InChI=1S/C45H99O10PSi3/c1-13-19-31-47-37-25-43(26-38-48-32-20-14-2)57(7,8)53-56(46,54-58(9,10)44(27-39-49-33-21-15-3)28-40-50-34-22-16-4)55-59(11,12)45(29-41-51-35-23-17-5)30-42-52-36-24-18-6/h43-45H,13-42H2,1-12H3. The molecule has 14 heteroatoms. The van der Waals surface area contributed by atoms with Gasteiger partial charge in [-0.05, 0) is 133 Å². The zero-order chi connectivity index (χ0) is 44.3. The molecule has 0 atom stereocenters. The fourth-order valence-corrected chi connectivity index (χ4v) is 22.1. The van der Waals surface area contributed by atoms with Gasteiger partial charge in [0.25, 0.3) is 0 Å². The van der Waals surface area contributed by atoms with Crippen LogP contribution < -0.4 is 0 Å². The molecule has 0 radical (unpaired) electrons. The molecule has 0 rings (SSSR count). The lowest BCUT2D eigenvalue weighted by molar-refractivity contribution is 0.108. The Morgan fingerprint density at radius 2 is 0.492 bits per heavy atom. The lowest BCUT2D eigenvalue weighted by atomic mass is 10.2. The normalized spacial score (nSPS) is 13.2. The van der Waals surface area contributed by atoms with Crippen molar-refractivity contribution < 1.29 is 45.6 Å². The maximum atomic E-state index is 15.9. The molecule has 59 heavy (non-hydrogen) atoms. The summed E-state index contributed by atoms with van der Waals surface area (Å²) in [4.78, 5) is 0. The van der Waals surface area contributed by atoms with E-state index >= 15 is 4.57 Å². The van der Waals surface area contributed by atoms with Crippen molar-refractivity contribution in [3.63, 3.8) is 0 Å². The number of rotatable bonds is 45. The van der Waals surface area contributed by atoms with E-state index < -0.39 is 32.8 Å². The molecule has 0 saturated heterocycles. The minimum Gasteiger partial charge on any atom is -0.381 e. The van der Waals surface area contributed by atoms with Gasteiger partial charge in [0.05, 0.1) is 0 Å². The van der Waals surface area contributed by atoms with E-state index in [4.69, 9.17) is 41.1 Å². The van der Waals surface area contributed by atoms with Crippen molar-refractivity contribution in [3.05, 3.63) is 0 Å². The maximum Gasteiger partial charge on any atom is 0.445 e. The minimum absolute atomic E-state index is 0.144. The van der Waals surface area contributed by atoms with E-state index in [0.29, 0.717) is 39.6 Å². The van der Waals surface area contributed by atoms with Crippen LogP contribution in [0.4, 0.5) is 0 Å². The zero-order valence-corrected chi connectivity index (χ0v) is 44.9. The van der Waals surface area contributed by atoms with Crippen molar-refractivity contribution in [3.8, 4) is 0 Å². The summed E-state index contributed by atoms with van der Waals surface area (Å²) >= 11 is 0. The quantitative estimate of drug-likeness (QED) is 0.0333. The van der Waals surface area contributed by atoms with E-state index in [1.807, 2.05) is 0 Å². The van der Waals surface area contributed by atoms with Gasteiger partial charge in [-0.3, -0.25) is 0 Å². The Kier molecular flexibility index (Phi) is 37.1. The lowest BCUT2D eigenvalue weighted by Gasteiger charge is -2.43. The molecule has 0 unspecified atom stereocenters. The highest BCUT2D eigenvalue weighted by atomic mass is 31.2. The second kappa shape index (κ2) is 36.8. The molecular weight excluding hydrogens is 816 g/mol. The SMILES string of the molecule is CCCCOCCC(CCOCCCC)[Si](C)(C)OP(=O)(O[Si](C)(C)C(CCOCCCC)CCOCCCC)O[Si](C)(C)C(CCOCCCC)CCOCCCC. The van der Waals surface area contributed by atoms with Gasteiger partial charge in [0.2, 0.25) is 25.0 Å². The van der Waals surface area contributed by atoms with Gasteiger partial charge < -0.3 is 41.1 Å². The van der Waals surface area contributed by atoms with Crippen LogP contribution in [0.5, 0.6) is 0 Å². The maximum absolute atomic E-state index is 15.9. The average molecular weight is 916 g/mol. The van der Waals surface area contributed by atoms with Gasteiger partial charge in [0, 0.05) is 79.3 Å². The predicted molar refractivity (Wildman–Crippen MR) is 257 cm³/mol. The molecule has 0 saturated carbocycles. The first kappa shape index (κ1) is 59.5. The Hall–Kier alpha value is 0.521. The fraction of sp³-hybridized carbons (Fsp3) is 1.00. The van der Waals surface area contributed by atoms with Crippen LogP contribution in [0, 0.1) is 0 Å². The highest BCUT2D eigenvalue weighted by Crippen LogP contribution is 2.60. The van der Waals surface area contributed by atoms with Crippen LogP contribution in [-0.4, -0.2) is 104 Å².